The highest BCUT2D eigenvalue weighted by atomic mass is 31.2. The van der Waals surface area contributed by atoms with Crippen molar-refractivity contribution in [1.82, 2.24) is 5.32 Å². The smallest absolute Gasteiger partial charge is 0.387 e. The van der Waals surface area contributed by atoms with Crippen LogP contribution in [0.25, 0.3) is 0 Å². The second-order valence-electron chi connectivity index (χ2n) is 20.3. The van der Waals surface area contributed by atoms with Crippen LogP contribution in [-0.4, -0.2) is 73.4 Å². The maximum atomic E-state index is 12.8. The van der Waals surface area contributed by atoms with Crippen molar-refractivity contribution >= 4 is 13.7 Å². The number of carbonyl (C=O) groups excluding carboxylic acids is 1. The van der Waals surface area contributed by atoms with Crippen LogP contribution in [0.1, 0.15) is 271 Å². The number of likely N-dealkylation sites (N-methyl/N-ethyl adjacent to an activating group) is 1. The maximum absolute atomic E-state index is 12.8. The van der Waals surface area contributed by atoms with Crippen LogP contribution in [0.15, 0.2) is 24.3 Å². The summed E-state index contributed by atoms with van der Waals surface area (Å²) in [5.74, 6) is -0.187. The van der Waals surface area contributed by atoms with Crippen molar-refractivity contribution in [3.8, 4) is 0 Å². The maximum Gasteiger partial charge on any atom is 0.472 e. The average Bonchev–Trinajstić information content (AvgIpc) is 3.25. The highest BCUT2D eigenvalue weighted by Gasteiger charge is 2.27. The van der Waals surface area contributed by atoms with Gasteiger partial charge in [0.05, 0.1) is 39.9 Å². The summed E-state index contributed by atoms with van der Waals surface area (Å²) in [7, 11) is 1.56. The van der Waals surface area contributed by atoms with E-state index in [9.17, 15) is 19.4 Å². The Bertz CT molecular complexity index is 1090. The second kappa shape index (κ2) is 47.1. The van der Waals surface area contributed by atoms with Gasteiger partial charge in [0, 0.05) is 6.42 Å². The first-order valence-electron chi connectivity index (χ1n) is 27.7. The molecule has 3 unspecified atom stereocenters. The molecule has 0 radical (unpaired) electrons. The molecule has 0 aliphatic heterocycles. The van der Waals surface area contributed by atoms with Crippen molar-refractivity contribution in [3.05, 3.63) is 24.3 Å². The molecule has 0 heterocycles. The summed E-state index contributed by atoms with van der Waals surface area (Å²) in [5, 5.41) is 13.7. The second-order valence-corrected chi connectivity index (χ2v) is 21.8. The normalized spacial score (nSPS) is 14.2. The van der Waals surface area contributed by atoms with E-state index in [0.29, 0.717) is 17.4 Å². The summed E-state index contributed by atoms with van der Waals surface area (Å²) in [6.07, 6.45) is 59.2. The van der Waals surface area contributed by atoms with Gasteiger partial charge in [-0.1, -0.05) is 263 Å². The highest BCUT2D eigenvalue weighted by molar-refractivity contribution is 7.47. The van der Waals surface area contributed by atoms with Crippen LogP contribution in [-0.2, 0) is 18.4 Å². The zero-order valence-corrected chi connectivity index (χ0v) is 44.2. The fourth-order valence-electron chi connectivity index (χ4n) is 8.30. The Hall–Kier alpha value is -1.02. The zero-order valence-electron chi connectivity index (χ0n) is 43.3. The van der Waals surface area contributed by atoms with Gasteiger partial charge in [-0.15, -0.1) is 0 Å². The average molecular weight is 926 g/mol. The molecule has 0 aliphatic carbocycles. The fourth-order valence-corrected chi connectivity index (χ4v) is 9.04. The molecule has 64 heavy (non-hydrogen) atoms. The molecule has 3 atom stereocenters. The first-order valence-corrected chi connectivity index (χ1v) is 29.2. The number of hydrogen-bond acceptors (Lipinski definition) is 5. The van der Waals surface area contributed by atoms with Gasteiger partial charge >= 0.3 is 7.82 Å². The summed E-state index contributed by atoms with van der Waals surface area (Å²) < 4.78 is 23.5. The van der Waals surface area contributed by atoms with Gasteiger partial charge in [0.2, 0.25) is 5.91 Å². The molecule has 380 valence electrons. The summed E-state index contributed by atoms with van der Waals surface area (Å²) in [4.78, 5) is 23.1. The van der Waals surface area contributed by atoms with Crippen LogP contribution in [0.5, 0.6) is 0 Å². The molecule has 0 saturated carbocycles. The molecule has 0 aromatic rings. The van der Waals surface area contributed by atoms with Crippen molar-refractivity contribution in [1.29, 1.82) is 0 Å². The van der Waals surface area contributed by atoms with Crippen LogP contribution in [0.3, 0.4) is 0 Å². The Kier molecular flexibility index (Phi) is 46.3. The minimum Gasteiger partial charge on any atom is -0.387 e. The molecule has 0 aromatic carbocycles. The van der Waals surface area contributed by atoms with Crippen molar-refractivity contribution in [2.24, 2.45) is 0 Å². The van der Waals surface area contributed by atoms with E-state index in [1.165, 1.54) is 205 Å². The van der Waals surface area contributed by atoms with Gasteiger partial charge in [-0.05, 0) is 25.7 Å². The monoisotopic (exact) mass is 926 g/mol. The van der Waals surface area contributed by atoms with Crippen LogP contribution in [0.2, 0.25) is 0 Å². The molecule has 0 rings (SSSR count). The quantitative estimate of drug-likeness (QED) is 0.0243. The van der Waals surface area contributed by atoms with E-state index in [1.54, 1.807) is 6.08 Å². The lowest BCUT2D eigenvalue weighted by atomic mass is 10.0. The Morgan fingerprint density at radius 1 is 0.516 bits per heavy atom. The Labute approximate surface area is 398 Å². The SMILES string of the molecule is CCC/C=C/CC/C=C/C(O)C(COP(=O)(O)OCC[N+](C)(C)C)NC(=O)CCCCCCCCCCCCCCCCCCCCCCCCCCCCCCCCCCCCC. The number of hydrogen-bond donors (Lipinski definition) is 3. The predicted octanol–water partition coefficient (Wildman–Crippen LogP) is 16.4. The van der Waals surface area contributed by atoms with E-state index in [1.807, 2.05) is 27.2 Å². The minimum absolute atomic E-state index is 0.0576. The van der Waals surface area contributed by atoms with E-state index in [2.05, 4.69) is 31.3 Å². The zero-order chi connectivity index (χ0) is 47.1. The number of nitrogens with one attached hydrogen (secondary N) is 1. The number of phosphoric ester groups is 1. The lowest BCUT2D eigenvalue weighted by Crippen LogP contribution is -2.45. The molecule has 3 N–H and O–H groups in total. The van der Waals surface area contributed by atoms with Gasteiger partial charge in [0.1, 0.15) is 13.2 Å². The summed E-state index contributed by atoms with van der Waals surface area (Å²) in [5.41, 5.74) is 0. The van der Waals surface area contributed by atoms with Crippen LogP contribution < -0.4 is 5.32 Å². The number of quaternary nitrogens is 1. The number of unbranched alkanes of at least 4 members (excludes halogenated alkanes) is 36. The molecule has 0 bridgehead atoms. The molecule has 0 aliphatic rings. The van der Waals surface area contributed by atoms with Crippen molar-refractivity contribution in [3.63, 3.8) is 0 Å². The summed E-state index contributed by atoms with van der Waals surface area (Å²) in [6, 6.07) is -0.857. The number of carbonyl (C=O) groups is 1. The molecule has 8 nitrogen and oxygen atoms in total. The summed E-state index contributed by atoms with van der Waals surface area (Å²) >= 11 is 0. The first-order chi connectivity index (χ1) is 31.0. The van der Waals surface area contributed by atoms with E-state index in [4.69, 9.17) is 9.05 Å². The minimum atomic E-state index is -4.34. The fraction of sp³-hybridized carbons (Fsp3) is 0.909. The van der Waals surface area contributed by atoms with E-state index < -0.39 is 20.0 Å². The third-order valence-corrected chi connectivity index (χ3v) is 13.6. The molecule has 9 heteroatoms. The predicted molar refractivity (Wildman–Crippen MR) is 277 cm³/mol. The van der Waals surface area contributed by atoms with E-state index in [0.717, 1.165) is 44.9 Å². The van der Waals surface area contributed by atoms with Gasteiger partial charge in [-0.3, -0.25) is 13.8 Å². The largest absolute Gasteiger partial charge is 0.472 e. The lowest BCUT2D eigenvalue weighted by molar-refractivity contribution is -0.870. The van der Waals surface area contributed by atoms with Gasteiger partial charge in [-0.2, -0.15) is 0 Å². The molecule has 0 saturated heterocycles. The topological polar surface area (TPSA) is 105 Å². The number of aliphatic hydroxyl groups is 1. The van der Waals surface area contributed by atoms with Crippen LogP contribution in [0.4, 0.5) is 0 Å². The van der Waals surface area contributed by atoms with Crippen molar-refractivity contribution in [2.45, 2.75) is 283 Å². The molecule has 0 fully saturated rings. The number of rotatable bonds is 51. The highest BCUT2D eigenvalue weighted by Crippen LogP contribution is 2.43. The molecular weight excluding hydrogens is 816 g/mol. The molecule has 1 amide bonds. The Balaban J connectivity index is 3.77. The number of phosphoric acid groups is 1. The third kappa shape index (κ3) is 48.9. The Morgan fingerprint density at radius 2 is 0.859 bits per heavy atom. The van der Waals surface area contributed by atoms with Crippen LogP contribution >= 0.6 is 7.82 Å². The van der Waals surface area contributed by atoms with Gasteiger partial charge < -0.3 is 19.8 Å². The molecule has 0 aromatic heterocycles. The number of allylic oxidation sites excluding steroid dienone is 3. The Morgan fingerprint density at radius 3 is 1.22 bits per heavy atom. The van der Waals surface area contributed by atoms with Gasteiger partial charge in [0.15, 0.2) is 0 Å². The number of aliphatic hydroxyl groups excluding tert-OH is 1. The number of amides is 1. The van der Waals surface area contributed by atoms with Crippen molar-refractivity contribution < 1.29 is 32.9 Å². The molecular formula is C55H110N2O6P+. The van der Waals surface area contributed by atoms with E-state index in [-0.39, 0.29) is 19.1 Å². The number of nitrogens with zero attached hydrogens (tertiary/aromatic N) is 1. The first kappa shape index (κ1) is 63.0. The van der Waals surface area contributed by atoms with Crippen molar-refractivity contribution in [2.75, 3.05) is 40.9 Å². The van der Waals surface area contributed by atoms with Gasteiger partial charge in [0.25, 0.3) is 0 Å². The van der Waals surface area contributed by atoms with E-state index >= 15 is 0 Å². The standard InChI is InChI=1S/C55H109N2O6P/c1-6-8-10-12-14-15-16-17-18-19-20-21-22-23-24-25-26-27-28-29-30-31-32-33-34-35-36-37-38-39-40-41-43-45-47-49-55(59)56-53(54(58)48-46-44-42-13-11-9-7-2)52-63-64(60,61)62-51-50-57(3,4)5/h11,13,46,48,53-54,58H,6-10,12,14-45,47,49-52H2,1-5H3,(H-,56,59,60,61)/p+1/b13-11+,48-46+. The lowest BCUT2D eigenvalue weighted by Gasteiger charge is -2.25. The van der Waals surface area contributed by atoms with Crippen LogP contribution in [0, 0.1) is 0 Å². The summed E-state index contributed by atoms with van der Waals surface area (Å²) in [6.45, 7) is 4.71. The van der Waals surface area contributed by atoms with Gasteiger partial charge in [-0.25, -0.2) is 4.57 Å². The molecule has 0 spiro atoms. The third-order valence-electron chi connectivity index (χ3n) is 12.7.